The summed E-state index contributed by atoms with van der Waals surface area (Å²) in [7, 11) is 0. The van der Waals surface area contributed by atoms with Crippen LogP contribution in [0.1, 0.15) is 18.4 Å². The highest BCUT2D eigenvalue weighted by molar-refractivity contribution is 6.30. The number of fused-ring (bicyclic) bond motifs is 1. The maximum atomic E-state index is 13.1. The third-order valence-corrected chi connectivity index (χ3v) is 5.96. The summed E-state index contributed by atoms with van der Waals surface area (Å²) in [5.74, 6) is 0.213. The molecule has 1 aromatic rings. The Balaban J connectivity index is 1.51. The van der Waals surface area contributed by atoms with Crippen LogP contribution in [0.4, 0.5) is 0 Å². The maximum Gasteiger partial charge on any atom is 0.227 e. The molecule has 1 amide bonds. The highest BCUT2D eigenvalue weighted by Gasteiger charge is 2.44. The molecule has 0 radical (unpaired) electrons. The predicted molar refractivity (Wildman–Crippen MR) is 97.9 cm³/mol. The fraction of sp³-hybridized carbons (Fsp3) is 0.632. The predicted octanol–water partition coefficient (Wildman–Crippen LogP) is 1.55. The summed E-state index contributed by atoms with van der Waals surface area (Å²) < 4.78 is 5.87. The van der Waals surface area contributed by atoms with Crippen LogP contribution in [0.5, 0.6) is 0 Å². The van der Waals surface area contributed by atoms with Crippen molar-refractivity contribution in [3.8, 4) is 0 Å². The molecule has 0 aromatic heterocycles. The lowest BCUT2D eigenvalue weighted by molar-refractivity contribution is -0.142. The van der Waals surface area contributed by atoms with Gasteiger partial charge in [0.1, 0.15) is 0 Å². The van der Waals surface area contributed by atoms with Crippen LogP contribution in [0.25, 0.3) is 0 Å². The first-order valence-electron chi connectivity index (χ1n) is 9.31. The van der Waals surface area contributed by atoms with Crippen molar-refractivity contribution < 1.29 is 9.53 Å². The lowest BCUT2D eigenvalue weighted by atomic mass is 9.92. The second-order valence-corrected chi connectivity index (χ2v) is 7.73. The minimum atomic E-state index is 0.209. The molecule has 3 fully saturated rings. The highest BCUT2D eigenvalue weighted by Crippen LogP contribution is 2.26. The topological polar surface area (TPSA) is 44.8 Å². The number of rotatable bonds is 3. The van der Waals surface area contributed by atoms with E-state index in [-0.39, 0.29) is 18.0 Å². The van der Waals surface area contributed by atoms with E-state index in [0.29, 0.717) is 24.1 Å². The smallest absolute Gasteiger partial charge is 0.227 e. The number of hydrogen-bond donors (Lipinski definition) is 1. The van der Waals surface area contributed by atoms with Crippen molar-refractivity contribution in [2.24, 2.45) is 0 Å². The van der Waals surface area contributed by atoms with E-state index >= 15 is 0 Å². The van der Waals surface area contributed by atoms with Gasteiger partial charge in [-0.1, -0.05) is 23.7 Å². The number of carbonyl (C=O) groups is 1. The number of hydrogen-bond acceptors (Lipinski definition) is 4. The average molecular weight is 364 g/mol. The zero-order valence-corrected chi connectivity index (χ0v) is 15.3. The summed E-state index contributed by atoms with van der Waals surface area (Å²) >= 11 is 5.96. The molecule has 0 aliphatic carbocycles. The summed E-state index contributed by atoms with van der Waals surface area (Å²) in [6, 6.07) is 8.35. The van der Waals surface area contributed by atoms with Gasteiger partial charge >= 0.3 is 0 Å². The number of likely N-dealkylation sites (tertiary alicyclic amines) is 1. The van der Waals surface area contributed by atoms with Crippen molar-refractivity contribution in [2.75, 3.05) is 39.4 Å². The Morgan fingerprint density at radius 2 is 1.92 bits per heavy atom. The van der Waals surface area contributed by atoms with Gasteiger partial charge < -0.3 is 15.0 Å². The van der Waals surface area contributed by atoms with Gasteiger partial charge in [-0.3, -0.25) is 9.69 Å². The first-order valence-corrected chi connectivity index (χ1v) is 9.69. The van der Waals surface area contributed by atoms with Gasteiger partial charge in [0.15, 0.2) is 0 Å². The maximum absolute atomic E-state index is 13.1. The first kappa shape index (κ1) is 17.3. The molecule has 4 rings (SSSR count). The first-order chi connectivity index (χ1) is 12.2. The average Bonchev–Trinajstić information content (AvgIpc) is 3.17. The molecule has 1 aromatic carbocycles. The van der Waals surface area contributed by atoms with E-state index in [0.717, 1.165) is 38.3 Å². The summed E-state index contributed by atoms with van der Waals surface area (Å²) in [5, 5.41) is 4.27. The summed E-state index contributed by atoms with van der Waals surface area (Å²) in [6.07, 6.45) is 2.94. The van der Waals surface area contributed by atoms with Crippen molar-refractivity contribution in [3.05, 3.63) is 34.9 Å². The molecule has 6 heteroatoms. The van der Waals surface area contributed by atoms with Crippen LogP contribution in [0.15, 0.2) is 24.3 Å². The summed E-state index contributed by atoms with van der Waals surface area (Å²) in [4.78, 5) is 17.7. The van der Waals surface area contributed by atoms with Gasteiger partial charge in [-0.25, -0.2) is 0 Å². The van der Waals surface area contributed by atoms with Crippen LogP contribution in [-0.4, -0.2) is 73.2 Å². The summed E-state index contributed by atoms with van der Waals surface area (Å²) in [6.45, 7) is 5.28. The van der Waals surface area contributed by atoms with Crippen molar-refractivity contribution in [1.82, 2.24) is 15.1 Å². The van der Waals surface area contributed by atoms with Crippen molar-refractivity contribution >= 4 is 17.5 Å². The third-order valence-electron chi connectivity index (χ3n) is 5.71. The standard InChI is InChI=1S/C19H26ClN3O2/c20-15-5-3-14(4-6-15)11-18(24)23-10-7-21-16-12-25-13-17(19(16)23)22-8-1-2-9-22/h3-6,16-17,19,21H,1-2,7-13H2/t16-,17+,19+/m1/s1. The van der Waals surface area contributed by atoms with E-state index in [2.05, 4.69) is 15.1 Å². The van der Waals surface area contributed by atoms with Crippen LogP contribution in [0.2, 0.25) is 5.02 Å². The monoisotopic (exact) mass is 363 g/mol. The summed E-state index contributed by atoms with van der Waals surface area (Å²) in [5.41, 5.74) is 1.02. The molecular weight excluding hydrogens is 338 g/mol. The van der Waals surface area contributed by atoms with Gasteiger partial charge in [0.2, 0.25) is 5.91 Å². The molecule has 5 nitrogen and oxygen atoms in total. The SMILES string of the molecule is O=C(Cc1ccc(Cl)cc1)N1CCN[C@@H]2COC[C@H](N3CCCC3)[C@H]21. The number of benzene rings is 1. The van der Waals surface area contributed by atoms with Gasteiger partial charge in [0.25, 0.3) is 0 Å². The Labute approximate surface area is 154 Å². The highest BCUT2D eigenvalue weighted by atomic mass is 35.5. The Morgan fingerprint density at radius 3 is 2.68 bits per heavy atom. The van der Waals surface area contributed by atoms with Gasteiger partial charge in [-0.15, -0.1) is 0 Å². The zero-order valence-electron chi connectivity index (χ0n) is 14.5. The van der Waals surface area contributed by atoms with Gasteiger partial charge in [0.05, 0.1) is 37.8 Å². The molecule has 0 spiro atoms. The van der Waals surface area contributed by atoms with E-state index in [9.17, 15) is 4.79 Å². The quantitative estimate of drug-likeness (QED) is 0.885. The van der Waals surface area contributed by atoms with Gasteiger partial charge in [-0.05, 0) is 43.6 Å². The van der Waals surface area contributed by atoms with Crippen LogP contribution < -0.4 is 5.32 Å². The third kappa shape index (κ3) is 3.70. The van der Waals surface area contributed by atoms with Crippen LogP contribution in [-0.2, 0) is 16.0 Å². The molecule has 3 aliphatic heterocycles. The molecule has 3 saturated heterocycles. The normalized spacial score (nSPS) is 30.3. The minimum Gasteiger partial charge on any atom is -0.378 e. The van der Waals surface area contributed by atoms with Crippen LogP contribution in [0, 0.1) is 0 Å². The number of amides is 1. The van der Waals surface area contributed by atoms with Crippen molar-refractivity contribution in [2.45, 2.75) is 37.4 Å². The minimum absolute atomic E-state index is 0.209. The second kappa shape index (κ2) is 7.62. The second-order valence-electron chi connectivity index (χ2n) is 7.29. The molecule has 0 unspecified atom stereocenters. The Morgan fingerprint density at radius 1 is 1.16 bits per heavy atom. The Bertz CT molecular complexity index is 601. The number of halogens is 1. The largest absolute Gasteiger partial charge is 0.378 e. The van der Waals surface area contributed by atoms with Gasteiger partial charge in [-0.2, -0.15) is 0 Å². The van der Waals surface area contributed by atoms with E-state index in [1.807, 2.05) is 24.3 Å². The molecule has 136 valence electrons. The molecule has 3 atom stereocenters. The zero-order chi connectivity index (χ0) is 17.2. The Hall–Kier alpha value is -1.14. The van der Waals surface area contributed by atoms with E-state index in [4.69, 9.17) is 16.3 Å². The molecule has 25 heavy (non-hydrogen) atoms. The number of carbonyl (C=O) groups excluding carboxylic acids is 1. The van der Waals surface area contributed by atoms with E-state index < -0.39 is 0 Å². The van der Waals surface area contributed by atoms with E-state index in [1.54, 1.807) is 0 Å². The number of nitrogens with one attached hydrogen (secondary N) is 1. The number of nitrogens with zero attached hydrogens (tertiary/aromatic N) is 2. The van der Waals surface area contributed by atoms with E-state index in [1.165, 1.54) is 12.8 Å². The fourth-order valence-corrected chi connectivity index (χ4v) is 4.60. The molecule has 3 aliphatic rings. The molecular formula is C19H26ClN3O2. The lowest BCUT2D eigenvalue weighted by Gasteiger charge is -2.50. The number of ether oxygens (including phenoxy) is 1. The number of piperazine rings is 1. The molecule has 0 bridgehead atoms. The Kier molecular flexibility index (Phi) is 5.27. The van der Waals surface area contributed by atoms with Gasteiger partial charge in [0, 0.05) is 18.1 Å². The van der Waals surface area contributed by atoms with Crippen LogP contribution in [0.3, 0.4) is 0 Å². The molecule has 0 saturated carbocycles. The molecule has 1 N–H and O–H groups in total. The van der Waals surface area contributed by atoms with Crippen molar-refractivity contribution in [1.29, 1.82) is 0 Å². The van der Waals surface area contributed by atoms with Crippen LogP contribution >= 0.6 is 11.6 Å². The lowest BCUT2D eigenvalue weighted by Crippen LogP contribution is -2.70. The van der Waals surface area contributed by atoms with Crippen molar-refractivity contribution in [3.63, 3.8) is 0 Å². The molecule has 3 heterocycles. The fourth-order valence-electron chi connectivity index (χ4n) is 4.47.